The SMILES string of the molecule is CN1C(=O)Nc2ccccc2C12CCN(c1nc3c(c(Nc4cccc(F)c4)n1)SCC3)CC2. The number of anilines is 4. The predicted octanol–water partition coefficient (Wildman–Crippen LogP) is 4.98. The van der Waals surface area contributed by atoms with Gasteiger partial charge in [0.15, 0.2) is 0 Å². The van der Waals surface area contributed by atoms with E-state index in [4.69, 9.17) is 9.97 Å². The summed E-state index contributed by atoms with van der Waals surface area (Å²) in [7, 11) is 1.88. The molecule has 0 saturated carbocycles. The zero-order chi connectivity index (χ0) is 23.3. The van der Waals surface area contributed by atoms with Gasteiger partial charge in [0.2, 0.25) is 5.95 Å². The molecule has 6 rings (SSSR count). The number of urea groups is 1. The number of carbonyl (C=O) groups is 1. The Balaban J connectivity index is 1.29. The number of hydrogen-bond acceptors (Lipinski definition) is 6. The lowest BCUT2D eigenvalue weighted by molar-refractivity contribution is 0.113. The van der Waals surface area contributed by atoms with Crippen LogP contribution in [0.2, 0.25) is 0 Å². The van der Waals surface area contributed by atoms with Crippen molar-refractivity contribution in [1.29, 1.82) is 0 Å². The highest BCUT2D eigenvalue weighted by Gasteiger charge is 2.46. The van der Waals surface area contributed by atoms with E-state index in [0.717, 1.165) is 65.8 Å². The Bertz CT molecular complexity index is 1280. The van der Waals surface area contributed by atoms with Gasteiger partial charge >= 0.3 is 6.03 Å². The van der Waals surface area contributed by atoms with E-state index in [1.54, 1.807) is 17.8 Å². The van der Waals surface area contributed by atoms with Crippen LogP contribution in [0.15, 0.2) is 53.4 Å². The summed E-state index contributed by atoms with van der Waals surface area (Å²) in [6, 6.07) is 14.4. The van der Waals surface area contributed by atoms with Crippen LogP contribution in [0.5, 0.6) is 0 Å². The van der Waals surface area contributed by atoms with E-state index in [9.17, 15) is 9.18 Å². The van der Waals surface area contributed by atoms with Crippen molar-refractivity contribution in [2.24, 2.45) is 0 Å². The number of halogens is 1. The van der Waals surface area contributed by atoms with Crippen LogP contribution >= 0.6 is 11.8 Å². The van der Waals surface area contributed by atoms with Gasteiger partial charge in [-0.3, -0.25) is 0 Å². The van der Waals surface area contributed by atoms with Gasteiger partial charge in [0, 0.05) is 49.2 Å². The molecule has 2 N–H and O–H groups in total. The van der Waals surface area contributed by atoms with E-state index in [2.05, 4.69) is 21.6 Å². The Morgan fingerprint density at radius 2 is 1.94 bits per heavy atom. The second-order valence-electron chi connectivity index (χ2n) is 8.94. The first-order valence-corrected chi connectivity index (χ1v) is 12.5. The molecular weight excluding hydrogens is 451 g/mol. The fraction of sp³-hybridized carbons (Fsp3) is 0.320. The van der Waals surface area contributed by atoms with Gasteiger partial charge in [-0.05, 0) is 37.1 Å². The van der Waals surface area contributed by atoms with Crippen LogP contribution in [0, 0.1) is 5.82 Å². The number of fused-ring (bicyclic) bond motifs is 3. The monoisotopic (exact) mass is 476 g/mol. The van der Waals surface area contributed by atoms with E-state index in [0.29, 0.717) is 11.6 Å². The number of para-hydroxylation sites is 1. The fourth-order valence-corrected chi connectivity index (χ4v) is 6.28. The first-order chi connectivity index (χ1) is 16.5. The molecule has 1 saturated heterocycles. The minimum Gasteiger partial charge on any atom is -0.341 e. The maximum Gasteiger partial charge on any atom is 0.322 e. The molecule has 4 heterocycles. The Morgan fingerprint density at radius 1 is 1.12 bits per heavy atom. The Kier molecular flexibility index (Phi) is 5.09. The van der Waals surface area contributed by atoms with Gasteiger partial charge < -0.3 is 20.4 Å². The molecule has 1 spiro atoms. The lowest BCUT2D eigenvalue weighted by atomic mass is 9.77. The van der Waals surface area contributed by atoms with E-state index in [1.165, 1.54) is 12.1 Å². The van der Waals surface area contributed by atoms with Crippen LogP contribution in [0.25, 0.3) is 0 Å². The third-order valence-corrected chi connectivity index (χ3v) is 8.21. The summed E-state index contributed by atoms with van der Waals surface area (Å²) in [4.78, 5) is 27.6. The fourth-order valence-electron chi connectivity index (χ4n) is 5.24. The molecule has 3 aromatic rings. The number of nitrogens with one attached hydrogen (secondary N) is 2. The highest BCUT2D eigenvalue weighted by Crippen LogP contribution is 2.45. The number of rotatable bonds is 3. The number of aromatic nitrogens is 2. The van der Waals surface area contributed by atoms with Crippen LogP contribution in [0.4, 0.5) is 32.3 Å². The predicted molar refractivity (Wildman–Crippen MR) is 132 cm³/mol. The summed E-state index contributed by atoms with van der Waals surface area (Å²) >= 11 is 1.73. The normalized spacial score (nSPS) is 18.5. The Hall–Kier alpha value is -3.33. The molecule has 0 bridgehead atoms. The number of piperidine rings is 1. The van der Waals surface area contributed by atoms with E-state index in [1.807, 2.05) is 36.2 Å². The summed E-state index contributed by atoms with van der Waals surface area (Å²) in [6.45, 7) is 1.47. The number of aryl methyl sites for hydroxylation is 1. The van der Waals surface area contributed by atoms with Gasteiger partial charge in [-0.2, -0.15) is 4.98 Å². The first kappa shape index (κ1) is 21.2. The van der Waals surface area contributed by atoms with Crippen molar-refractivity contribution in [3.63, 3.8) is 0 Å². The maximum atomic E-state index is 13.7. The smallest absolute Gasteiger partial charge is 0.322 e. The van der Waals surface area contributed by atoms with E-state index < -0.39 is 0 Å². The van der Waals surface area contributed by atoms with Crippen molar-refractivity contribution in [3.05, 3.63) is 65.6 Å². The second-order valence-corrected chi connectivity index (χ2v) is 10.0. The molecule has 9 heteroatoms. The minimum absolute atomic E-state index is 0.0699. The first-order valence-electron chi connectivity index (χ1n) is 11.5. The van der Waals surface area contributed by atoms with Gasteiger partial charge in [0.25, 0.3) is 0 Å². The van der Waals surface area contributed by atoms with Crippen LogP contribution < -0.4 is 15.5 Å². The molecule has 2 aromatic carbocycles. The van der Waals surface area contributed by atoms with Crippen molar-refractivity contribution in [2.75, 3.05) is 41.4 Å². The molecule has 3 aliphatic rings. The summed E-state index contributed by atoms with van der Waals surface area (Å²) in [5, 5.41) is 6.31. The highest BCUT2D eigenvalue weighted by molar-refractivity contribution is 7.99. The summed E-state index contributed by atoms with van der Waals surface area (Å²) in [5.41, 5.74) is 3.42. The van der Waals surface area contributed by atoms with Gasteiger partial charge in [-0.15, -0.1) is 11.8 Å². The van der Waals surface area contributed by atoms with Gasteiger partial charge in [-0.25, -0.2) is 14.2 Å². The summed E-state index contributed by atoms with van der Waals surface area (Å²) < 4.78 is 13.7. The van der Waals surface area contributed by atoms with Crippen molar-refractivity contribution in [3.8, 4) is 0 Å². The largest absolute Gasteiger partial charge is 0.341 e. The Morgan fingerprint density at radius 3 is 2.76 bits per heavy atom. The molecule has 7 nitrogen and oxygen atoms in total. The average molecular weight is 477 g/mol. The molecule has 0 aliphatic carbocycles. The number of carbonyl (C=O) groups excluding carboxylic acids is 1. The highest BCUT2D eigenvalue weighted by atomic mass is 32.2. The van der Waals surface area contributed by atoms with Crippen LogP contribution in [0.1, 0.15) is 24.1 Å². The molecule has 34 heavy (non-hydrogen) atoms. The summed E-state index contributed by atoms with van der Waals surface area (Å²) in [5.74, 6) is 2.09. The summed E-state index contributed by atoms with van der Waals surface area (Å²) in [6.07, 6.45) is 2.47. The molecule has 0 atom stereocenters. The minimum atomic E-state index is -0.343. The molecule has 0 unspecified atom stereocenters. The Labute approximate surface area is 201 Å². The van der Waals surface area contributed by atoms with Crippen LogP contribution in [0.3, 0.4) is 0 Å². The van der Waals surface area contributed by atoms with Crippen molar-refractivity contribution in [1.82, 2.24) is 14.9 Å². The lowest BCUT2D eigenvalue weighted by Crippen LogP contribution is -2.57. The van der Waals surface area contributed by atoms with E-state index >= 15 is 0 Å². The molecule has 174 valence electrons. The molecule has 2 amide bonds. The van der Waals surface area contributed by atoms with Crippen LogP contribution in [-0.2, 0) is 12.0 Å². The number of benzene rings is 2. The topological polar surface area (TPSA) is 73.4 Å². The molecule has 3 aliphatic heterocycles. The van der Waals surface area contributed by atoms with E-state index in [-0.39, 0.29) is 17.4 Å². The number of hydrogen-bond donors (Lipinski definition) is 2. The zero-order valence-electron chi connectivity index (χ0n) is 18.8. The van der Waals surface area contributed by atoms with Crippen LogP contribution in [-0.4, -0.2) is 46.8 Å². The average Bonchev–Trinajstić information content (AvgIpc) is 3.32. The third-order valence-electron chi connectivity index (χ3n) is 7.09. The van der Waals surface area contributed by atoms with Crippen molar-refractivity contribution in [2.45, 2.75) is 29.7 Å². The lowest BCUT2D eigenvalue weighted by Gasteiger charge is -2.50. The molecule has 1 aromatic heterocycles. The zero-order valence-corrected chi connectivity index (χ0v) is 19.7. The second kappa shape index (κ2) is 8.16. The van der Waals surface area contributed by atoms with Gasteiger partial charge in [-0.1, -0.05) is 24.3 Å². The number of thioether (sulfide) groups is 1. The molecule has 1 fully saturated rings. The third kappa shape index (κ3) is 3.46. The molecular formula is C25H25FN6OS. The maximum absolute atomic E-state index is 13.7. The van der Waals surface area contributed by atoms with Gasteiger partial charge in [0.05, 0.1) is 16.1 Å². The van der Waals surface area contributed by atoms with Gasteiger partial charge in [0.1, 0.15) is 11.6 Å². The molecule has 0 radical (unpaired) electrons. The number of nitrogens with zero attached hydrogens (tertiary/aromatic N) is 4. The van der Waals surface area contributed by atoms with Crippen molar-refractivity contribution < 1.29 is 9.18 Å². The van der Waals surface area contributed by atoms with Crippen molar-refractivity contribution >= 4 is 40.9 Å². The standard InChI is InChI=1S/C25H25FN6OS/c1-31-24(33)29-19-8-3-2-7-18(19)25(31)10-12-32(13-11-25)23-28-20-9-14-34-21(20)22(30-23)27-17-6-4-5-16(26)15-17/h2-8,15H,9-14H2,1H3,(H,29,33)(H,27,28,30). The quantitative estimate of drug-likeness (QED) is 0.556. The number of amides is 2.